The monoisotopic (exact) mass is 369 g/mol. The number of nitrogens with zero attached hydrogens (tertiary/aromatic N) is 1. The van der Waals surface area contributed by atoms with Gasteiger partial charge in [-0.05, 0) is 30.5 Å². The number of ether oxygens (including phenoxy) is 1. The molecule has 0 unspecified atom stereocenters. The van der Waals surface area contributed by atoms with Gasteiger partial charge >= 0.3 is 0 Å². The molecule has 3 aliphatic rings. The molecule has 4 atom stereocenters. The molecule has 1 amide bonds. The first-order chi connectivity index (χ1) is 13.2. The van der Waals surface area contributed by atoms with Crippen molar-refractivity contribution in [2.75, 3.05) is 6.61 Å². The van der Waals surface area contributed by atoms with Crippen molar-refractivity contribution in [1.29, 1.82) is 0 Å². The summed E-state index contributed by atoms with van der Waals surface area (Å²) in [5.74, 6) is 1.00. The average Bonchev–Trinajstić information content (AvgIpc) is 3.42. The van der Waals surface area contributed by atoms with E-state index in [1.54, 1.807) is 24.3 Å². The quantitative estimate of drug-likeness (QED) is 0.866. The van der Waals surface area contributed by atoms with Crippen molar-refractivity contribution < 1.29 is 13.9 Å². The van der Waals surface area contributed by atoms with Gasteiger partial charge in [-0.1, -0.05) is 37.8 Å². The Balaban J connectivity index is 1.32. The van der Waals surface area contributed by atoms with Gasteiger partial charge in [0.05, 0.1) is 11.8 Å². The van der Waals surface area contributed by atoms with E-state index in [4.69, 9.17) is 4.74 Å². The van der Waals surface area contributed by atoms with Crippen molar-refractivity contribution in [3.05, 3.63) is 41.8 Å². The van der Waals surface area contributed by atoms with E-state index in [1.165, 1.54) is 31.7 Å². The number of hydrogen-bond donors (Lipinski definition) is 2. The summed E-state index contributed by atoms with van der Waals surface area (Å²) in [6.07, 6.45) is 6.38. The minimum atomic E-state index is -0.345. The summed E-state index contributed by atoms with van der Waals surface area (Å²) < 4.78 is 19.9. The van der Waals surface area contributed by atoms with Crippen molar-refractivity contribution in [1.82, 2.24) is 15.5 Å². The van der Waals surface area contributed by atoms with Crippen LogP contribution in [0, 0.1) is 23.6 Å². The first kappa shape index (κ1) is 16.9. The molecule has 5 rings (SSSR count). The van der Waals surface area contributed by atoms with Crippen LogP contribution in [0.25, 0.3) is 11.3 Å². The van der Waals surface area contributed by atoms with E-state index in [1.807, 2.05) is 0 Å². The molecular weight excluding hydrogens is 345 g/mol. The number of nitrogens with one attached hydrogen (secondary N) is 2. The Morgan fingerprint density at radius 3 is 2.85 bits per heavy atom. The second-order valence-electron chi connectivity index (χ2n) is 8.06. The predicted octanol–water partition coefficient (Wildman–Crippen LogP) is 3.54. The normalized spacial score (nSPS) is 30.1. The largest absolute Gasteiger partial charge is 0.377 e. The van der Waals surface area contributed by atoms with E-state index >= 15 is 0 Å². The molecule has 2 N–H and O–H groups in total. The van der Waals surface area contributed by atoms with Gasteiger partial charge < -0.3 is 10.1 Å². The lowest BCUT2D eigenvalue weighted by Gasteiger charge is -2.50. The number of aromatic nitrogens is 2. The summed E-state index contributed by atoms with van der Waals surface area (Å²) >= 11 is 0. The third-order valence-corrected chi connectivity index (χ3v) is 6.65. The van der Waals surface area contributed by atoms with E-state index in [-0.39, 0.29) is 17.8 Å². The fourth-order valence-electron chi connectivity index (χ4n) is 5.33. The highest BCUT2D eigenvalue weighted by Gasteiger charge is 2.57. The van der Waals surface area contributed by atoms with Gasteiger partial charge in [0.25, 0.3) is 5.91 Å². The minimum absolute atomic E-state index is 0.163. The highest BCUT2D eigenvalue weighted by atomic mass is 19.1. The number of H-pyrrole nitrogens is 1. The molecule has 27 heavy (non-hydrogen) atoms. The number of fused-ring (bicyclic) bond motifs is 1. The summed E-state index contributed by atoms with van der Waals surface area (Å²) in [6.45, 7) is 0.798. The van der Waals surface area contributed by atoms with Crippen LogP contribution in [0.15, 0.2) is 30.3 Å². The van der Waals surface area contributed by atoms with Crippen molar-refractivity contribution in [3.63, 3.8) is 0 Å². The van der Waals surface area contributed by atoms with Gasteiger partial charge in [-0.3, -0.25) is 9.89 Å². The fourth-order valence-corrected chi connectivity index (χ4v) is 5.33. The van der Waals surface area contributed by atoms with Crippen LogP contribution in [-0.4, -0.2) is 34.9 Å². The Kier molecular flexibility index (Phi) is 4.23. The van der Waals surface area contributed by atoms with Crippen LogP contribution >= 0.6 is 0 Å². The highest BCUT2D eigenvalue weighted by Crippen LogP contribution is 2.51. The Bertz CT molecular complexity index is 841. The Hall–Kier alpha value is -2.21. The standard InChI is InChI=1S/C21H24FN3O2/c22-15-8-4-3-7-13(15)16-11-17(25-24-16)21(26)23-19-14-9-10-27-20(14)18(19)12-5-1-2-6-12/h3-4,7-8,11-12,14,18-20H,1-2,5-6,9-10H2,(H,23,26)(H,24,25)/t14-,18+,19+,20-/m0/s1. The molecule has 2 aromatic rings. The summed E-state index contributed by atoms with van der Waals surface area (Å²) in [7, 11) is 0. The maximum absolute atomic E-state index is 14.0. The number of aromatic amines is 1. The van der Waals surface area contributed by atoms with E-state index < -0.39 is 0 Å². The number of carbonyl (C=O) groups is 1. The lowest BCUT2D eigenvalue weighted by Crippen LogP contribution is -2.63. The molecule has 5 nitrogen and oxygen atoms in total. The molecule has 142 valence electrons. The van der Waals surface area contributed by atoms with Gasteiger partial charge in [-0.2, -0.15) is 5.10 Å². The third kappa shape index (κ3) is 2.87. The van der Waals surface area contributed by atoms with Gasteiger partial charge in [-0.25, -0.2) is 4.39 Å². The van der Waals surface area contributed by atoms with Gasteiger partial charge in [0, 0.05) is 30.0 Å². The zero-order valence-electron chi connectivity index (χ0n) is 15.2. The number of carbonyl (C=O) groups excluding carboxylic acids is 1. The zero-order valence-corrected chi connectivity index (χ0v) is 15.2. The number of benzene rings is 1. The lowest BCUT2D eigenvalue weighted by atomic mass is 9.61. The second kappa shape index (κ2) is 6.75. The van der Waals surface area contributed by atoms with Crippen LogP contribution in [0.5, 0.6) is 0 Å². The summed E-state index contributed by atoms with van der Waals surface area (Å²) in [4.78, 5) is 12.8. The number of rotatable bonds is 4. The first-order valence-electron chi connectivity index (χ1n) is 9.95. The predicted molar refractivity (Wildman–Crippen MR) is 98.5 cm³/mol. The minimum Gasteiger partial charge on any atom is -0.377 e. The molecule has 2 aliphatic carbocycles. The molecular formula is C21H24FN3O2. The van der Waals surface area contributed by atoms with Crippen molar-refractivity contribution >= 4 is 5.91 Å². The molecule has 1 aromatic heterocycles. The molecule has 0 spiro atoms. The van der Waals surface area contributed by atoms with Gasteiger partial charge in [0.2, 0.25) is 0 Å². The molecule has 1 aliphatic heterocycles. The third-order valence-electron chi connectivity index (χ3n) is 6.65. The van der Waals surface area contributed by atoms with Gasteiger partial charge in [-0.15, -0.1) is 0 Å². The Morgan fingerprint density at radius 2 is 2.04 bits per heavy atom. The van der Waals surface area contributed by atoms with Crippen LogP contribution in [-0.2, 0) is 4.74 Å². The SMILES string of the molecule is O=C(N[C@@H]1[C@@H]2CCO[C@@H]2[C@@H]1C1CCCC1)c1cc(-c2ccccc2F)n[nH]1. The summed E-state index contributed by atoms with van der Waals surface area (Å²) in [6, 6.07) is 8.25. The summed E-state index contributed by atoms with van der Waals surface area (Å²) in [5, 5.41) is 10.1. The van der Waals surface area contributed by atoms with E-state index in [0.29, 0.717) is 40.8 Å². The Labute approximate surface area is 157 Å². The second-order valence-corrected chi connectivity index (χ2v) is 8.06. The molecule has 2 saturated carbocycles. The molecule has 1 saturated heterocycles. The maximum Gasteiger partial charge on any atom is 0.269 e. The molecule has 1 aromatic carbocycles. The lowest BCUT2D eigenvalue weighted by molar-refractivity contribution is -0.0784. The molecule has 0 bridgehead atoms. The van der Waals surface area contributed by atoms with Crippen molar-refractivity contribution in [2.24, 2.45) is 17.8 Å². The smallest absolute Gasteiger partial charge is 0.269 e. The van der Waals surface area contributed by atoms with Crippen LogP contribution in [0.1, 0.15) is 42.6 Å². The van der Waals surface area contributed by atoms with E-state index in [0.717, 1.165) is 13.0 Å². The molecule has 6 heteroatoms. The van der Waals surface area contributed by atoms with Crippen molar-refractivity contribution in [3.8, 4) is 11.3 Å². The average molecular weight is 369 g/mol. The fraction of sp³-hybridized carbons (Fsp3) is 0.524. The van der Waals surface area contributed by atoms with Crippen LogP contribution in [0.2, 0.25) is 0 Å². The zero-order chi connectivity index (χ0) is 18.4. The van der Waals surface area contributed by atoms with Crippen LogP contribution in [0.3, 0.4) is 0 Å². The first-order valence-corrected chi connectivity index (χ1v) is 9.95. The summed E-state index contributed by atoms with van der Waals surface area (Å²) in [5.41, 5.74) is 1.21. The number of hydrogen-bond acceptors (Lipinski definition) is 3. The van der Waals surface area contributed by atoms with Crippen molar-refractivity contribution in [2.45, 2.75) is 44.2 Å². The van der Waals surface area contributed by atoms with Crippen LogP contribution < -0.4 is 5.32 Å². The van der Waals surface area contributed by atoms with Crippen LogP contribution in [0.4, 0.5) is 4.39 Å². The molecule has 2 heterocycles. The topological polar surface area (TPSA) is 67.0 Å². The Morgan fingerprint density at radius 1 is 1.22 bits per heavy atom. The van der Waals surface area contributed by atoms with E-state index in [2.05, 4.69) is 15.5 Å². The number of amides is 1. The molecule has 0 radical (unpaired) electrons. The number of halogens is 1. The van der Waals surface area contributed by atoms with E-state index in [9.17, 15) is 9.18 Å². The maximum atomic E-state index is 14.0. The highest BCUT2D eigenvalue weighted by molar-refractivity contribution is 5.93. The van der Waals surface area contributed by atoms with Gasteiger partial charge in [0.15, 0.2) is 0 Å². The van der Waals surface area contributed by atoms with Gasteiger partial charge in [0.1, 0.15) is 11.5 Å². The molecule has 3 fully saturated rings.